The second-order valence-corrected chi connectivity index (χ2v) is 5.94. The fourth-order valence-electron chi connectivity index (χ4n) is 2.96. The van der Waals surface area contributed by atoms with Crippen molar-refractivity contribution in [3.8, 4) is 0 Å². The van der Waals surface area contributed by atoms with Gasteiger partial charge in [-0.3, -0.25) is 9.48 Å². The van der Waals surface area contributed by atoms with E-state index in [4.69, 9.17) is 4.74 Å². The van der Waals surface area contributed by atoms with Gasteiger partial charge in [0.2, 0.25) is 5.91 Å². The van der Waals surface area contributed by atoms with Crippen molar-refractivity contribution in [2.45, 2.75) is 44.8 Å². The molecule has 1 aromatic rings. The minimum Gasteiger partial charge on any atom is -0.376 e. The summed E-state index contributed by atoms with van der Waals surface area (Å²) < 4.78 is 7.52. The maximum absolute atomic E-state index is 12.9. The summed E-state index contributed by atoms with van der Waals surface area (Å²) >= 11 is 0. The molecule has 1 saturated heterocycles. The first-order chi connectivity index (χ1) is 10.7. The van der Waals surface area contributed by atoms with Gasteiger partial charge < -0.3 is 15.0 Å². The van der Waals surface area contributed by atoms with E-state index in [9.17, 15) is 4.79 Å². The van der Waals surface area contributed by atoms with Crippen molar-refractivity contribution in [3.05, 3.63) is 18.0 Å². The van der Waals surface area contributed by atoms with Gasteiger partial charge in [-0.15, -0.1) is 0 Å². The molecular formula is C16H28N4O2. The first kappa shape index (κ1) is 17.0. The zero-order valence-electron chi connectivity index (χ0n) is 13.9. The molecule has 0 spiro atoms. The Morgan fingerprint density at radius 1 is 1.59 bits per heavy atom. The fourth-order valence-corrected chi connectivity index (χ4v) is 2.96. The summed E-state index contributed by atoms with van der Waals surface area (Å²) in [5, 5.41) is 7.29. The molecule has 1 fully saturated rings. The largest absolute Gasteiger partial charge is 0.376 e. The number of rotatable bonds is 7. The molecule has 2 heterocycles. The van der Waals surface area contributed by atoms with Gasteiger partial charge in [0.05, 0.1) is 12.3 Å². The number of aryl methyl sites for hydroxylation is 1. The van der Waals surface area contributed by atoms with Gasteiger partial charge in [-0.05, 0) is 32.7 Å². The third-order valence-electron chi connectivity index (χ3n) is 4.10. The molecule has 0 aromatic carbocycles. The first-order valence-electron chi connectivity index (χ1n) is 8.22. The number of aromatic nitrogens is 2. The van der Waals surface area contributed by atoms with Crippen molar-refractivity contribution in [1.82, 2.24) is 20.0 Å². The second kappa shape index (κ2) is 8.29. The Morgan fingerprint density at radius 2 is 2.41 bits per heavy atom. The molecule has 1 amide bonds. The first-order valence-corrected chi connectivity index (χ1v) is 8.22. The lowest BCUT2D eigenvalue weighted by Crippen LogP contribution is -2.45. The van der Waals surface area contributed by atoms with Crippen molar-refractivity contribution in [2.24, 2.45) is 7.05 Å². The molecule has 0 aliphatic carbocycles. The summed E-state index contributed by atoms with van der Waals surface area (Å²) in [5.41, 5.74) is 0.903. The molecule has 0 saturated carbocycles. The molecule has 6 nitrogen and oxygen atoms in total. The topological polar surface area (TPSA) is 59.4 Å². The molecule has 1 aliphatic heterocycles. The number of carbonyl (C=O) groups is 1. The van der Waals surface area contributed by atoms with E-state index in [1.807, 2.05) is 25.2 Å². The zero-order chi connectivity index (χ0) is 15.9. The number of amides is 1. The SMILES string of the molecule is CCCN(CC1CCCCO1)C(=O)C(NC)c1cnn(C)c1. The quantitative estimate of drug-likeness (QED) is 0.829. The summed E-state index contributed by atoms with van der Waals surface area (Å²) in [6.45, 7) is 4.36. The predicted octanol–water partition coefficient (Wildman–Crippen LogP) is 1.49. The lowest BCUT2D eigenvalue weighted by molar-refractivity contribution is -0.136. The number of hydrogen-bond donors (Lipinski definition) is 1. The van der Waals surface area contributed by atoms with Crippen LogP contribution in [0.4, 0.5) is 0 Å². The molecule has 0 radical (unpaired) electrons. The average Bonchev–Trinajstić information content (AvgIpc) is 2.95. The Balaban J connectivity index is 2.06. The monoisotopic (exact) mass is 308 g/mol. The van der Waals surface area contributed by atoms with Crippen LogP contribution in [0.5, 0.6) is 0 Å². The van der Waals surface area contributed by atoms with Crippen LogP contribution in [0.15, 0.2) is 12.4 Å². The minimum absolute atomic E-state index is 0.103. The van der Waals surface area contributed by atoms with Crippen LogP contribution < -0.4 is 5.32 Å². The molecule has 0 bridgehead atoms. The van der Waals surface area contributed by atoms with Crippen LogP contribution in [0.25, 0.3) is 0 Å². The highest BCUT2D eigenvalue weighted by Gasteiger charge is 2.27. The van der Waals surface area contributed by atoms with Crippen LogP contribution in [0.2, 0.25) is 0 Å². The second-order valence-electron chi connectivity index (χ2n) is 5.94. The number of carbonyl (C=O) groups excluding carboxylic acids is 1. The van der Waals surface area contributed by atoms with Gasteiger partial charge in [0.25, 0.3) is 0 Å². The van der Waals surface area contributed by atoms with E-state index in [1.165, 1.54) is 6.42 Å². The van der Waals surface area contributed by atoms with Crippen LogP contribution in [-0.2, 0) is 16.6 Å². The number of nitrogens with zero attached hydrogens (tertiary/aromatic N) is 3. The van der Waals surface area contributed by atoms with Gasteiger partial charge >= 0.3 is 0 Å². The molecule has 2 rings (SSSR count). The van der Waals surface area contributed by atoms with Gasteiger partial charge in [0.1, 0.15) is 6.04 Å². The van der Waals surface area contributed by atoms with Gasteiger partial charge in [-0.25, -0.2) is 0 Å². The van der Waals surface area contributed by atoms with E-state index < -0.39 is 0 Å². The highest BCUT2D eigenvalue weighted by molar-refractivity contribution is 5.83. The molecule has 124 valence electrons. The van der Waals surface area contributed by atoms with E-state index in [0.717, 1.165) is 38.0 Å². The van der Waals surface area contributed by atoms with Crippen molar-refractivity contribution >= 4 is 5.91 Å². The van der Waals surface area contributed by atoms with Gasteiger partial charge in [0.15, 0.2) is 0 Å². The Hall–Kier alpha value is -1.40. The third-order valence-corrected chi connectivity index (χ3v) is 4.10. The minimum atomic E-state index is -0.344. The maximum Gasteiger partial charge on any atom is 0.244 e. The summed E-state index contributed by atoms with van der Waals surface area (Å²) in [7, 11) is 3.68. The van der Waals surface area contributed by atoms with Crippen LogP contribution in [0, 0.1) is 0 Å². The Bertz CT molecular complexity index is 468. The van der Waals surface area contributed by atoms with Gasteiger partial charge in [0, 0.05) is 38.5 Å². The molecular weight excluding hydrogens is 280 g/mol. The lowest BCUT2D eigenvalue weighted by atomic mass is 10.1. The van der Waals surface area contributed by atoms with E-state index >= 15 is 0 Å². The number of ether oxygens (including phenoxy) is 1. The summed E-state index contributed by atoms with van der Waals surface area (Å²) in [4.78, 5) is 14.9. The van der Waals surface area contributed by atoms with E-state index in [1.54, 1.807) is 10.9 Å². The molecule has 2 atom stereocenters. The molecule has 1 aromatic heterocycles. The standard InChI is InChI=1S/C16H28N4O2/c1-4-8-20(12-14-7-5-6-9-22-14)16(21)15(17-2)13-10-18-19(3)11-13/h10-11,14-15,17H,4-9,12H2,1-3H3. The van der Waals surface area contributed by atoms with Crippen molar-refractivity contribution in [1.29, 1.82) is 0 Å². The van der Waals surface area contributed by atoms with E-state index in [2.05, 4.69) is 17.3 Å². The summed E-state index contributed by atoms with van der Waals surface area (Å²) in [6, 6.07) is -0.344. The third kappa shape index (κ3) is 4.30. The van der Waals surface area contributed by atoms with E-state index in [0.29, 0.717) is 6.54 Å². The number of hydrogen-bond acceptors (Lipinski definition) is 4. The Labute approximate surface area is 132 Å². The zero-order valence-corrected chi connectivity index (χ0v) is 13.9. The van der Waals surface area contributed by atoms with Crippen LogP contribution in [0.1, 0.15) is 44.2 Å². The van der Waals surface area contributed by atoms with Crippen molar-refractivity contribution < 1.29 is 9.53 Å². The average molecular weight is 308 g/mol. The molecule has 2 unspecified atom stereocenters. The lowest BCUT2D eigenvalue weighted by Gasteiger charge is -2.32. The number of nitrogens with one attached hydrogen (secondary N) is 1. The Morgan fingerprint density at radius 3 is 2.95 bits per heavy atom. The van der Waals surface area contributed by atoms with Crippen molar-refractivity contribution in [3.63, 3.8) is 0 Å². The highest BCUT2D eigenvalue weighted by Crippen LogP contribution is 2.18. The van der Waals surface area contributed by atoms with Crippen LogP contribution in [0.3, 0.4) is 0 Å². The maximum atomic E-state index is 12.9. The Kier molecular flexibility index (Phi) is 6.39. The van der Waals surface area contributed by atoms with Gasteiger partial charge in [-0.2, -0.15) is 5.10 Å². The van der Waals surface area contributed by atoms with Gasteiger partial charge in [-0.1, -0.05) is 6.92 Å². The molecule has 1 aliphatic rings. The van der Waals surface area contributed by atoms with Crippen molar-refractivity contribution in [2.75, 3.05) is 26.7 Å². The molecule has 6 heteroatoms. The molecule has 1 N–H and O–H groups in total. The number of likely N-dealkylation sites (N-methyl/N-ethyl adjacent to an activating group) is 1. The summed E-state index contributed by atoms with van der Waals surface area (Å²) in [5.74, 6) is 0.103. The molecule has 22 heavy (non-hydrogen) atoms. The predicted molar refractivity (Wildman–Crippen MR) is 85.5 cm³/mol. The van der Waals surface area contributed by atoms with Crippen LogP contribution in [-0.4, -0.2) is 53.4 Å². The van der Waals surface area contributed by atoms with Crippen LogP contribution >= 0.6 is 0 Å². The fraction of sp³-hybridized carbons (Fsp3) is 0.750. The smallest absolute Gasteiger partial charge is 0.244 e. The highest BCUT2D eigenvalue weighted by atomic mass is 16.5. The van der Waals surface area contributed by atoms with E-state index in [-0.39, 0.29) is 18.1 Å². The normalized spacial score (nSPS) is 19.9. The summed E-state index contributed by atoms with van der Waals surface area (Å²) in [6.07, 6.45) is 8.13.